The van der Waals surface area contributed by atoms with E-state index < -0.39 is 22.5 Å². The van der Waals surface area contributed by atoms with E-state index in [1.165, 1.54) is 35.6 Å². The Kier molecular flexibility index (Phi) is 6.94. The summed E-state index contributed by atoms with van der Waals surface area (Å²) in [6, 6.07) is 21.2. The van der Waals surface area contributed by atoms with Gasteiger partial charge in [0.15, 0.2) is 0 Å². The first-order valence-electron chi connectivity index (χ1n) is 9.55. The molecule has 1 aromatic heterocycles. The molecule has 7 nitrogen and oxygen atoms in total. The largest absolute Gasteiger partial charge is 0.299 e. The Morgan fingerprint density at radius 2 is 1.48 bits per heavy atom. The van der Waals surface area contributed by atoms with Gasteiger partial charge in [-0.05, 0) is 48.5 Å². The molecular weight excluding hydrogens is 503 g/mol. The zero-order valence-corrected chi connectivity index (χ0v) is 20.0. The second kappa shape index (κ2) is 9.88. The van der Waals surface area contributed by atoms with E-state index in [9.17, 15) is 13.2 Å². The van der Waals surface area contributed by atoms with Crippen LogP contribution in [0.4, 0.5) is 10.8 Å². The van der Waals surface area contributed by atoms with Crippen LogP contribution in [0, 0.1) is 0 Å². The quantitative estimate of drug-likeness (QED) is 0.356. The molecule has 1 N–H and O–H groups in total. The Hall–Kier alpha value is -2.98. The Labute approximate surface area is 204 Å². The summed E-state index contributed by atoms with van der Waals surface area (Å²) in [5.41, 5.74) is 1.15. The molecule has 0 aliphatic heterocycles. The number of aromatic nitrogens is 2. The molecule has 0 atom stereocenters. The second-order valence-electron chi connectivity index (χ2n) is 6.77. The van der Waals surface area contributed by atoms with Crippen LogP contribution in [0.3, 0.4) is 0 Å². The third-order valence-corrected chi connectivity index (χ3v) is 7.68. The van der Waals surface area contributed by atoms with Gasteiger partial charge < -0.3 is 0 Å². The highest BCUT2D eigenvalue weighted by atomic mass is 35.5. The fourth-order valence-corrected chi connectivity index (χ4v) is 5.35. The highest BCUT2D eigenvalue weighted by Crippen LogP contribution is 2.28. The van der Waals surface area contributed by atoms with Crippen molar-refractivity contribution in [3.05, 3.63) is 88.9 Å². The van der Waals surface area contributed by atoms with Gasteiger partial charge in [-0.2, -0.15) is 0 Å². The molecule has 0 radical (unpaired) electrons. The number of para-hydroxylation sites is 1. The summed E-state index contributed by atoms with van der Waals surface area (Å²) in [5.74, 6) is -0.560. The molecule has 33 heavy (non-hydrogen) atoms. The number of benzene rings is 3. The van der Waals surface area contributed by atoms with E-state index in [1.807, 2.05) is 0 Å². The summed E-state index contributed by atoms with van der Waals surface area (Å²) in [7, 11) is -4.03. The molecule has 168 valence electrons. The van der Waals surface area contributed by atoms with Crippen LogP contribution in [0.5, 0.6) is 0 Å². The van der Waals surface area contributed by atoms with Gasteiger partial charge in [0.25, 0.3) is 10.0 Å². The number of carbonyl (C=O) groups is 1. The van der Waals surface area contributed by atoms with E-state index in [0.717, 1.165) is 9.87 Å². The van der Waals surface area contributed by atoms with Gasteiger partial charge in [-0.1, -0.05) is 64.9 Å². The molecule has 4 rings (SSSR count). The van der Waals surface area contributed by atoms with Gasteiger partial charge in [0, 0.05) is 15.6 Å². The number of hydrogen-bond acceptors (Lipinski definition) is 6. The Bertz CT molecular complexity index is 1360. The lowest BCUT2D eigenvalue weighted by Crippen LogP contribution is -2.38. The maximum atomic E-state index is 13.3. The summed E-state index contributed by atoms with van der Waals surface area (Å²) in [4.78, 5) is 12.8. The van der Waals surface area contributed by atoms with Gasteiger partial charge in [0.1, 0.15) is 11.6 Å². The van der Waals surface area contributed by atoms with Crippen molar-refractivity contribution in [3.8, 4) is 10.6 Å². The predicted molar refractivity (Wildman–Crippen MR) is 131 cm³/mol. The number of carbonyl (C=O) groups excluding carboxylic acids is 1. The number of anilines is 2. The number of amides is 1. The van der Waals surface area contributed by atoms with Crippen molar-refractivity contribution < 1.29 is 13.2 Å². The summed E-state index contributed by atoms with van der Waals surface area (Å²) >= 11 is 13.0. The van der Waals surface area contributed by atoms with Crippen LogP contribution in [0.25, 0.3) is 10.6 Å². The van der Waals surface area contributed by atoms with Gasteiger partial charge in [0.2, 0.25) is 11.0 Å². The lowest BCUT2D eigenvalue weighted by molar-refractivity contribution is -0.114. The van der Waals surface area contributed by atoms with Crippen molar-refractivity contribution >= 4 is 61.3 Å². The van der Waals surface area contributed by atoms with Crippen molar-refractivity contribution in [2.75, 3.05) is 16.2 Å². The molecule has 0 unspecified atom stereocenters. The standard InChI is InChI=1S/C22H16Cl2N4O3S2/c23-16-8-6-15(7-9-16)21-26-27-22(32-21)25-20(29)14-28(18-4-2-1-3-5-18)33(30,31)19-12-10-17(24)11-13-19/h1-13H,14H2,(H,25,27,29). The zero-order chi connectivity index (χ0) is 23.4. The monoisotopic (exact) mass is 518 g/mol. The number of hydrogen-bond donors (Lipinski definition) is 1. The van der Waals surface area contributed by atoms with Gasteiger partial charge in [-0.3, -0.25) is 14.4 Å². The predicted octanol–water partition coefficient (Wildman–Crippen LogP) is 5.35. The fourth-order valence-electron chi connectivity index (χ4n) is 2.92. The Balaban J connectivity index is 1.56. The summed E-state index contributed by atoms with van der Waals surface area (Å²) in [5, 5.41) is 12.5. The summed E-state index contributed by atoms with van der Waals surface area (Å²) in [6.45, 7) is -0.454. The number of halogens is 2. The molecule has 11 heteroatoms. The molecule has 0 bridgehead atoms. The Morgan fingerprint density at radius 3 is 2.12 bits per heavy atom. The number of nitrogens with zero attached hydrogens (tertiary/aromatic N) is 3. The van der Waals surface area contributed by atoms with Crippen molar-refractivity contribution in [2.45, 2.75) is 4.90 Å². The zero-order valence-electron chi connectivity index (χ0n) is 16.9. The lowest BCUT2D eigenvalue weighted by Gasteiger charge is -2.23. The van der Waals surface area contributed by atoms with E-state index in [1.54, 1.807) is 54.6 Å². The van der Waals surface area contributed by atoms with E-state index in [2.05, 4.69) is 15.5 Å². The average molecular weight is 519 g/mol. The van der Waals surface area contributed by atoms with Crippen LogP contribution < -0.4 is 9.62 Å². The SMILES string of the molecule is O=C(CN(c1ccccc1)S(=O)(=O)c1ccc(Cl)cc1)Nc1nnc(-c2ccc(Cl)cc2)s1. The molecule has 1 heterocycles. The minimum Gasteiger partial charge on any atom is -0.299 e. The lowest BCUT2D eigenvalue weighted by atomic mass is 10.2. The van der Waals surface area contributed by atoms with Gasteiger partial charge >= 0.3 is 0 Å². The first-order valence-corrected chi connectivity index (χ1v) is 12.6. The molecule has 0 saturated carbocycles. The van der Waals surface area contributed by atoms with Gasteiger partial charge in [-0.15, -0.1) is 10.2 Å². The molecule has 0 aliphatic carbocycles. The number of rotatable bonds is 7. The molecule has 0 spiro atoms. The molecule has 1 amide bonds. The van der Waals surface area contributed by atoms with E-state index >= 15 is 0 Å². The molecule has 3 aromatic carbocycles. The third-order valence-electron chi connectivity index (χ3n) is 4.50. The van der Waals surface area contributed by atoms with Gasteiger partial charge in [0.05, 0.1) is 10.6 Å². The van der Waals surface area contributed by atoms with Crippen LogP contribution in [-0.4, -0.2) is 31.1 Å². The molecule has 4 aromatic rings. The summed E-state index contributed by atoms with van der Waals surface area (Å²) in [6.07, 6.45) is 0. The summed E-state index contributed by atoms with van der Waals surface area (Å²) < 4.78 is 27.7. The molecule has 0 fully saturated rings. The first-order chi connectivity index (χ1) is 15.8. The molecule has 0 aliphatic rings. The number of sulfonamides is 1. The van der Waals surface area contributed by atoms with Crippen LogP contribution in [-0.2, 0) is 14.8 Å². The van der Waals surface area contributed by atoms with Gasteiger partial charge in [-0.25, -0.2) is 8.42 Å². The van der Waals surface area contributed by atoms with Crippen molar-refractivity contribution in [1.82, 2.24) is 10.2 Å². The smallest absolute Gasteiger partial charge is 0.264 e. The highest BCUT2D eigenvalue weighted by Gasteiger charge is 2.27. The van der Waals surface area contributed by atoms with Crippen molar-refractivity contribution in [1.29, 1.82) is 0 Å². The van der Waals surface area contributed by atoms with Crippen LogP contribution in [0.15, 0.2) is 83.8 Å². The van der Waals surface area contributed by atoms with E-state index in [4.69, 9.17) is 23.2 Å². The Morgan fingerprint density at radius 1 is 0.879 bits per heavy atom. The maximum absolute atomic E-state index is 13.3. The minimum absolute atomic E-state index is 0.0180. The normalized spacial score (nSPS) is 11.2. The third kappa shape index (κ3) is 5.51. The minimum atomic E-state index is -4.03. The van der Waals surface area contributed by atoms with Crippen LogP contribution in [0.1, 0.15) is 0 Å². The first kappa shape index (κ1) is 23.2. The fraction of sp³-hybridized carbons (Fsp3) is 0.0455. The van der Waals surface area contributed by atoms with Crippen molar-refractivity contribution in [3.63, 3.8) is 0 Å². The second-order valence-corrected chi connectivity index (χ2v) is 10.5. The topological polar surface area (TPSA) is 92.3 Å². The number of nitrogens with one attached hydrogen (secondary N) is 1. The molecular formula is C22H16Cl2N4O3S2. The van der Waals surface area contributed by atoms with Crippen LogP contribution >= 0.6 is 34.5 Å². The van der Waals surface area contributed by atoms with E-state index in [-0.39, 0.29) is 10.0 Å². The van der Waals surface area contributed by atoms with E-state index in [0.29, 0.717) is 20.7 Å². The highest BCUT2D eigenvalue weighted by molar-refractivity contribution is 7.92. The maximum Gasteiger partial charge on any atom is 0.264 e. The van der Waals surface area contributed by atoms with Crippen molar-refractivity contribution in [2.24, 2.45) is 0 Å². The average Bonchev–Trinajstić information content (AvgIpc) is 3.27. The van der Waals surface area contributed by atoms with Crippen LogP contribution in [0.2, 0.25) is 10.0 Å². The molecule has 0 saturated heterocycles.